The molecular formula is C12H17NO3. The maximum absolute atomic E-state index is 11.2. The minimum atomic E-state index is -0.897. The molecule has 16 heavy (non-hydrogen) atoms. The lowest BCUT2D eigenvalue weighted by molar-refractivity contribution is 0.0692. The predicted molar refractivity (Wildman–Crippen MR) is 58.7 cm³/mol. The Morgan fingerprint density at radius 2 is 2.19 bits per heavy atom. The van der Waals surface area contributed by atoms with E-state index in [1.54, 1.807) is 0 Å². The zero-order chi connectivity index (χ0) is 11.5. The second-order valence-electron chi connectivity index (χ2n) is 4.41. The average molecular weight is 223 g/mol. The van der Waals surface area contributed by atoms with E-state index in [1.165, 1.54) is 0 Å². The van der Waals surface area contributed by atoms with Crippen molar-refractivity contribution in [1.29, 1.82) is 0 Å². The Kier molecular flexibility index (Phi) is 3.27. The van der Waals surface area contributed by atoms with Gasteiger partial charge in [-0.1, -0.05) is 31.3 Å². The van der Waals surface area contributed by atoms with Gasteiger partial charge >= 0.3 is 5.97 Å². The molecule has 0 saturated heterocycles. The predicted octanol–water partition coefficient (Wildman–Crippen LogP) is 2.98. The maximum atomic E-state index is 11.2. The molecule has 1 heterocycles. The summed E-state index contributed by atoms with van der Waals surface area (Å²) in [7, 11) is 0. The fraction of sp³-hybridized carbons (Fsp3) is 0.667. The highest BCUT2D eigenvalue weighted by molar-refractivity contribution is 5.90. The average Bonchev–Trinajstić information content (AvgIpc) is 2.83. The van der Waals surface area contributed by atoms with Gasteiger partial charge in [-0.25, -0.2) is 4.79 Å². The van der Waals surface area contributed by atoms with E-state index in [1.807, 2.05) is 6.92 Å². The number of hydrogen-bond donors (Lipinski definition) is 1. The number of hydrogen-bond acceptors (Lipinski definition) is 3. The van der Waals surface area contributed by atoms with Crippen molar-refractivity contribution in [2.75, 3.05) is 0 Å². The van der Waals surface area contributed by atoms with Gasteiger partial charge in [-0.2, -0.15) is 0 Å². The van der Waals surface area contributed by atoms with E-state index in [0.29, 0.717) is 23.4 Å². The summed E-state index contributed by atoms with van der Waals surface area (Å²) in [4.78, 5) is 11.2. The van der Waals surface area contributed by atoms with Crippen LogP contribution in [0.3, 0.4) is 0 Å². The molecule has 0 radical (unpaired) electrons. The molecule has 1 aliphatic rings. The molecule has 1 N–H and O–H groups in total. The van der Waals surface area contributed by atoms with Gasteiger partial charge in [0.15, 0.2) is 5.76 Å². The van der Waals surface area contributed by atoms with E-state index in [-0.39, 0.29) is 5.92 Å². The first kappa shape index (κ1) is 11.2. The smallest absolute Gasteiger partial charge is 0.341 e. The summed E-state index contributed by atoms with van der Waals surface area (Å²) < 4.78 is 5.26. The molecule has 4 heteroatoms. The molecule has 1 saturated carbocycles. The molecule has 1 aromatic heterocycles. The summed E-state index contributed by atoms with van der Waals surface area (Å²) in [6.45, 7) is 2.01. The number of aromatic nitrogens is 1. The number of carbonyl (C=O) groups is 1. The van der Waals surface area contributed by atoms with E-state index < -0.39 is 5.97 Å². The first-order chi connectivity index (χ1) is 7.74. The van der Waals surface area contributed by atoms with Crippen molar-refractivity contribution in [3.05, 3.63) is 17.0 Å². The Morgan fingerprint density at radius 3 is 2.75 bits per heavy atom. The molecule has 0 aliphatic heterocycles. The Hall–Kier alpha value is -1.32. The molecule has 4 nitrogen and oxygen atoms in total. The van der Waals surface area contributed by atoms with Gasteiger partial charge in [-0.15, -0.1) is 0 Å². The van der Waals surface area contributed by atoms with Crippen LogP contribution >= 0.6 is 0 Å². The highest BCUT2D eigenvalue weighted by atomic mass is 16.5. The number of rotatable bonds is 4. The summed E-state index contributed by atoms with van der Waals surface area (Å²) in [5.41, 5.74) is 0.936. The number of aromatic carboxylic acids is 1. The molecule has 0 atom stereocenters. The van der Waals surface area contributed by atoms with Crippen LogP contribution < -0.4 is 0 Å². The van der Waals surface area contributed by atoms with Crippen LogP contribution in [0.15, 0.2) is 4.52 Å². The third-order valence-electron chi connectivity index (χ3n) is 3.22. The van der Waals surface area contributed by atoms with Crippen molar-refractivity contribution >= 4 is 5.97 Å². The van der Waals surface area contributed by atoms with Crippen LogP contribution in [-0.2, 0) is 6.42 Å². The molecular weight excluding hydrogens is 206 g/mol. The normalized spacial score (nSPS) is 16.8. The third-order valence-corrected chi connectivity index (χ3v) is 3.22. The molecule has 0 amide bonds. The van der Waals surface area contributed by atoms with Crippen molar-refractivity contribution in [2.45, 2.75) is 51.4 Å². The van der Waals surface area contributed by atoms with Crippen molar-refractivity contribution in [1.82, 2.24) is 5.16 Å². The lowest BCUT2D eigenvalue weighted by Gasteiger charge is -2.04. The monoisotopic (exact) mass is 223 g/mol. The van der Waals surface area contributed by atoms with Gasteiger partial charge in [0, 0.05) is 5.92 Å². The van der Waals surface area contributed by atoms with Gasteiger partial charge in [-0.05, 0) is 19.3 Å². The van der Waals surface area contributed by atoms with Gasteiger partial charge in [-0.3, -0.25) is 0 Å². The number of carboxylic acids is 1. The molecule has 0 unspecified atom stereocenters. The Bertz CT molecular complexity index is 378. The lowest BCUT2D eigenvalue weighted by atomic mass is 9.99. The van der Waals surface area contributed by atoms with E-state index in [0.717, 1.165) is 32.1 Å². The Balaban J connectivity index is 2.33. The highest BCUT2D eigenvalue weighted by Crippen LogP contribution is 2.36. The molecule has 1 fully saturated rings. The minimum absolute atomic E-state index is 0.268. The van der Waals surface area contributed by atoms with Gasteiger partial charge in [0.2, 0.25) is 0 Å². The summed E-state index contributed by atoms with van der Waals surface area (Å²) in [6, 6.07) is 0. The number of aryl methyl sites for hydroxylation is 1. The molecule has 2 rings (SSSR count). The van der Waals surface area contributed by atoms with Crippen LogP contribution in [0.1, 0.15) is 66.8 Å². The summed E-state index contributed by atoms with van der Waals surface area (Å²) in [5, 5.41) is 13.1. The number of carboxylic acid groups (broad SMARTS) is 1. The minimum Gasteiger partial charge on any atom is -0.477 e. The fourth-order valence-electron chi connectivity index (χ4n) is 2.44. The molecule has 0 spiro atoms. The van der Waals surface area contributed by atoms with Crippen LogP contribution in [-0.4, -0.2) is 16.2 Å². The SMILES string of the molecule is CCCc1noc(C2CCCC2)c1C(=O)O. The Labute approximate surface area is 94.6 Å². The maximum Gasteiger partial charge on any atom is 0.341 e. The van der Waals surface area contributed by atoms with E-state index >= 15 is 0 Å². The third kappa shape index (κ3) is 1.96. The topological polar surface area (TPSA) is 63.3 Å². The highest BCUT2D eigenvalue weighted by Gasteiger charge is 2.29. The Morgan fingerprint density at radius 1 is 1.50 bits per heavy atom. The van der Waals surface area contributed by atoms with Crippen molar-refractivity contribution in [3.63, 3.8) is 0 Å². The van der Waals surface area contributed by atoms with E-state index in [9.17, 15) is 9.90 Å². The zero-order valence-corrected chi connectivity index (χ0v) is 9.53. The molecule has 88 valence electrons. The quantitative estimate of drug-likeness (QED) is 0.852. The lowest BCUT2D eigenvalue weighted by Crippen LogP contribution is -2.05. The largest absolute Gasteiger partial charge is 0.477 e. The first-order valence-electron chi connectivity index (χ1n) is 5.95. The van der Waals surface area contributed by atoms with Crippen LogP contribution in [0.5, 0.6) is 0 Å². The molecule has 1 aromatic rings. The van der Waals surface area contributed by atoms with Crippen molar-refractivity contribution < 1.29 is 14.4 Å². The van der Waals surface area contributed by atoms with Crippen molar-refractivity contribution in [2.24, 2.45) is 0 Å². The van der Waals surface area contributed by atoms with Gasteiger partial charge < -0.3 is 9.63 Å². The molecule has 0 bridgehead atoms. The fourth-order valence-corrected chi connectivity index (χ4v) is 2.44. The van der Waals surface area contributed by atoms with Gasteiger partial charge in [0.1, 0.15) is 5.56 Å². The summed E-state index contributed by atoms with van der Waals surface area (Å²) in [6.07, 6.45) is 5.94. The second-order valence-corrected chi connectivity index (χ2v) is 4.41. The standard InChI is InChI=1S/C12H17NO3/c1-2-5-9-10(12(14)15)11(16-13-9)8-6-3-4-7-8/h8H,2-7H2,1H3,(H,14,15). The molecule has 1 aliphatic carbocycles. The zero-order valence-electron chi connectivity index (χ0n) is 9.53. The van der Waals surface area contributed by atoms with Gasteiger partial charge in [0.25, 0.3) is 0 Å². The van der Waals surface area contributed by atoms with Crippen LogP contribution in [0.4, 0.5) is 0 Å². The summed E-state index contributed by atoms with van der Waals surface area (Å²) in [5.74, 6) is -0.0238. The number of nitrogens with zero attached hydrogens (tertiary/aromatic N) is 1. The van der Waals surface area contributed by atoms with Crippen molar-refractivity contribution in [3.8, 4) is 0 Å². The summed E-state index contributed by atoms with van der Waals surface area (Å²) >= 11 is 0. The molecule has 0 aromatic carbocycles. The van der Waals surface area contributed by atoms with E-state index in [2.05, 4.69) is 5.16 Å². The van der Waals surface area contributed by atoms with Crippen LogP contribution in [0, 0.1) is 0 Å². The van der Waals surface area contributed by atoms with Gasteiger partial charge in [0.05, 0.1) is 5.69 Å². The van der Waals surface area contributed by atoms with Crippen LogP contribution in [0.2, 0.25) is 0 Å². The second kappa shape index (κ2) is 4.68. The van der Waals surface area contributed by atoms with Crippen LogP contribution in [0.25, 0.3) is 0 Å². The van der Waals surface area contributed by atoms with E-state index in [4.69, 9.17) is 4.52 Å². The first-order valence-corrected chi connectivity index (χ1v) is 5.95.